The van der Waals surface area contributed by atoms with Crippen LogP contribution in [0.2, 0.25) is 0 Å². The number of nitrogens with zero attached hydrogens (tertiary/aromatic N) is 4. The Bertz CT molecular complexity index is 4260. The Kier molecular flexibility index (Phi) is 13.2. The van der Waals surface area contributed by atoms with Crippen molar-refractivity contribution in [3.8, 4) is 33.8 Å². The van der Waals surface area contributed by atoms with Gasteiger partial charge in [0, 0.05) is 55.4 Å². The van der Waals surface area contributed by atoms with E-state index in [1.807, 2.05) is 0 Å². The Labute approximate surface area is 476 Å². The van der Waals surface area contributed by atoms with E-state index >= 15 is 0 Å². The van der Waals surface area contributed by atoms with Crippen LogP contribution in [0.4, 0.5) is 0 Å². The highest BCUT2D eigenvalue weighted by molar-refractivity contribution is 6.04. The van der Waals surface area contributed by atoms with E-state index in [2.05, 4.69) is 216 Å². The first kappa shape index (κ1) is 53.1. The molecule has 12 rings (SSSR count). The van der Waals surface area contributed by atoms with Gasteiger partial charge in [-0.05, 0) is 246 Å². The summed E-state index contributed by atoms with van der Waals surface area (Å²) in [6, 6.07) is 30.4. The number of hydrogen-bond acceptors (Lipinski definition) is 5. The third-order valence-electron chi connectivity index (χ3n) is 18.6. The summed E-state index contributed by atoms with van der Waals surface area (Å²) < 4.78 is 7.55. The molecule has 0 fully saturated rings. The molecule has 4 aliphatic rings. The van der Waals surface area contributed by atoms with Gasteiger partial charge in [0.2, 0.25) is 0 Å². The third kappa shape index (κ3) is 8.49. The Morgan fingerprint density at radius 2 is 0.679 bits per heavy atom. The van der Waals surface area contributed by atoms with Gasteiger partial charge >= 0.3 is 0 Å². The smallest absolute Gasteiger partial charge is 0.135 e. The van der Waals surface area contributed by atoms with E-state index in [4.69, 9.17) is 24.7 Å². The molecule has 2 aromatic carbocycles. The van der Waals surface area contributed by atoms with Crippen LogP contribution in [0.15, 0.2) is 84.9 Å². The lowest BCUT2D eigenvalue weighted by atomic mass is 9.95. The van der Waals surface area contributed by atoms with Crippen molar-refractivity contribution in [3.63, 3.8) is 0 Å². The van der Waals surface area contributed by atoms with Gasteiger partial charge < -0.3 is 24.7 Å². The molecule has 0 spiro atoms. The summed E-state index contributed by atoms with van der Waals surface area (Å²) in [7, 11) is 0. The first-order valence-corrected chi connectivity index (χ1v) is 29.1. The van der Waals surface area contributed by atoms with E-state index in [0.717, 1.165) is 182 Å². The van der Waals surface area contributed by atoms with Crippen LogP contribution in [0.1, 0.15) is 172 Å². The van der Waals surface area contributed by atoms with Gasteiger partial charge in [-0.1, -0.05) is 64.1 Å². The van der Waals surface area contributed by atoms with Gasteiger partial charge in [-0.3, -0.25) is 0 Å². The number of allylic oxidation sites excluding steroid dienone is 8. The number of aromatic amines is 4. The normalized spacial score (nSPS) is 13.7. The summed E-state index contributed by atoms with van der Waals surface area (Å²) in [5, 5.41) is 0. The number of fused-ring (bicyclic) bond motifs is 16. The maximum Gasteiger partial charge on any atom is 0.135 e. The van der Waals surface area contributed by atoms with Gasteiger partial charge in [0.15, 0.2) is 0 Å². The molecule has 16 bridgehead atoms. The summed E-state index contributed by atoms with van der Waals surface area (Å²) >= 11 is 0. The maximum atomic E-state index is 7.55. The second-order valence-electron chi connectivity index (χ2n) is 22.7. The minimum atomic E-state index is 0.706. The third-order valence-corrected chi connectivity index (χ3v) is 18.6. The van der Waals surface area contributed by atoms with Gasteiger partial charge in [-0.25, -0.2) is 19.9 Å². The maximum absolute atomic E-state index is 7.55. The van der Waals surface area contributed by atoms with E-state index < -0.39 is 0 Å². The Morgan fingerprint density at radius 1 is 0.333 bits per heavy atom. The number of para-hydroxylation sites is 2. The van der Waals surface area contributed by atoms with E-state index in [9.17, 15) is 0 Å². The molecule has 4 aliphatic heterocycles. The quantitative estimate of drug-likeness (QED) is 0.121. The fraction of sp³-hybridized carbons (Fsp3) is 0.278. The lowest BCUT2D eigenvalue weighted by Gasteiger charge is -2.17. The van der Waals surface area contributed by atoms with Crippen molar-refractivity contribution in [2.75, 3.05) is 0 Å². The Hall–Kier alpha value is -8.56. The van der Waals surface area contributed by atoms with Crippen LogP contribution in [0.5, 0.6) is 11.5 Å². The van der Waals surface area contributed by atoms with Gasteiger partial charge in [0.1, 0.15) is 11.5 Å². The number of nitrogens with one attached hydrogen (secondary N) is 4. The zero-order valence-corrected chi connectivity index (χ0v) is 50.1. The first-order chi connectivity index (χ1) is 38.9. The van der Waals surface area contributed by atoms with Crippen molar-refractivity contribution < 1.29 is 4.74 Å². The molecule has 0 radical (unpaired) electrons. The SMILES string of the molecule is CCC1=C(C)c2cc3[nH]c(c(C)c3C)c(-c3ccccc3Oc3ccccc3-c3c4nc(cc5[nH]c(cc6nc(cc7[nH]c3c(C)c7C)C(C)=C6CC)c(CC)c5C)C(C)=C4C)c3nc(cc4[nH]c(cc1n2)c(CC)c4C)C(C)=C3C. The van der Waals surface area contributed by atoms with Crippen molar-refractivity contribution in [1.29, 1.82) is 0 Å². The van der Waals surface area contributed by atoms with E-state index in [-0.39, 0.29) is 0 Å². The average Bonchev–Trinajstić information content (AvgIpc) is 4.53. The van der Waals surface area contributed by atoms with E-state index in [0.29, 0.717) is 11.5 Å². The summed E-state index contributed by atoms with van der Waals surface area (Å²) in [6.07, 6.45) is 3.56. The fourth-order valence-corrected chi connectivity index (χ4v) is 13.0. The molecule has 6 aromatic heterocycles. The molecule has 408 valence electrons. The molecule has 0 atom stereocenters. The fourth-order valence-electron chi connectivity index (χ4n) is 13.0. The van der Waals surface area contributed by atoms with Crippen LogP contribution in [0.25, 0.3) is 111 Å². The van der Waals surface area contributed by atoms with Crippen LogP contribution in [0, 0.1) is 41.5 Å². The van der Waals surface area contributed by atoms with Crippen molar-refractivity contribution in [2.24, 2.45) is 0 Å². The molecule has 10 heterocycles. The molecule has 9 nitrogen and oxygen atoms in total. The molecule has 0 saturated heterocycles. The van der Waals surface area contributed by atoms with Crippen LogP contribution >= 0.6 is 0 Å². The van der Waals surface area contributed by atoms with Crippen molar-refractivity contribution in [1.82, 2.24) is 39.9 Å². The molecule has 0 amide bonds. The van der Waals surface area contributed by atoms with Crippen LogP contribution < -0.4 is 4.74 Å². The van der Waals surface area contributed by atoms with Crippen LogP contribution in [-0.2, 0) is 12.8 Å². The largest absolute Gasteiger partial charge is 0.456 e. The lowest BCUT2D eigenvalue weighted by molar-refractivity contribution is 0.486. The van der Waals surface area contributed by atoms with Gasteiger partial charge in [0.05, 0.1) is 56.6 Å². The topological polar surface area (TPSA) is 124 Å². The first-order valence-electron chi connectivity index (χ1n) is 29.1. The highest BCUT2D eigenvalue weighted by Gasteiger charge is 2.28. The predicted molar refractivity (Wildman–Crippen MR) is 342 cm³/mol. The standard InChI is InChI=1S/C72H74N8O/c1-17-47-43(13)57-29-53-35(5)39(9)69(77-53)67(70-40(10)36(6)54(78-70)30-58-44(14)48(18-2)62(74-58)33-61(47)73-57)51-25-21-23-27-65(51)81-66-28-24-22-26-52(66)68-71-41(11)37(7)55(79-71)31-59-45(15)49(19-3)63(75-59)34-64-50(20-4)46(16)60(76-64)32-56-38(8)42(12)72(68)80-56/h21-34,73,75,78,80H,17-20H2,1-16H3. The molecule has 0 saturated carbocycles. The number of aryl methyl sites for hydroxylation is 8. The van der Waals surface area contributed by atoms with Gasteiger partial charge in [-0.2, -0.15) is 0 Å². The zero-order valence-electron chi connectivity index (χ0n) is 50.1. The summed E-state index contributed by atoms with van der Waals surface area (Å²) in [4.78, 5) is 37.6. The van der Waals surface area contributed by atoms with Gasteiger partial charge in [0.25, 0.3) is 0 Å². The molecular formula is C72H74N8O. The van der Waals surface area contributed by atoms with E-state index in [1.54, 1.807) is 0 Å². The van der Waals surface area contributed by atoms with E-state index in [1.165, 1.54) is 44.5 Å². The highest BCUT2D eigenvalue weighted by Crippen LogP contribution is 2.48. The number of rotatable bonds is 8. The van der Waals surface area contributed by atoms with Crippen LogP contribution in [-0.4, -0.2) is 39.9 Å². The second-order valence-corrected chi connectivity index (χ2v) is 22.7. The van der Waals surface area contributed by atoms with Gasteiger partial charge in [-0.15, -0.1) is 0 Å². The second kappa shape index (κ2) is 20.2. The summed E-state index contributed by atoms with van der Waals surface area (Å²) in [6.45, 7) is 35.5. The molecule has 81 heavy (non-hydrogen) atoms. The van der Waals surface area contributed by atoms with Crippen molar-refractivity contribution in [2.45, 2.75) is 136 Å². The number of aromatic nitrogens is 8. The number of hydrogen-bond donors (Lipinski definition) is 4. The number of benzene rings is 2. The number of H-pyrrole nitrogens is 4. The molecule has 4 N–H and O–H groups in total. The Balaban J connectivity index is 1.14. The Morgan fingerprint density at radius 3 is 1.05 bits per heavy atom. The van der Waals surface area contributed by atoms with Crippen molar-refractivity contribution >= 4 is 88.7 Å². The molecule has 0 aliphatic carbocycles. The van der Waals surface area contributed by atoms with Crippen LogP contribution in [0.3, 0.4) is 0 Å². The van der Waals surface area contributed by atoms with Crippen molar-refractivity contribution in [3.05, 3.63) is 175 Å². The summed E-state index contributed by atoms with van der Waals surface area (Å²) in [5.74, 6) is 1.41. The summed E-state index contributed by atoms with van der Waals surface area (Å²) in [5.41, 5.74) is 38.8. The average molecular weight is 1070 g/mol. The lowest BCUT2D eigenvalue weighted by Crippen LogP contribution is -1.96. The highest BCUT2D eigenvalue weighted by atomic mass is 16.5. The minimum Gasteiger partial charge on any atom is -0.456 e. The minimum absolute atomic E-state index is 0.706. The molecule has 9 heteroatoms. The predicted octanol–water partition coefficient (Wildman–Crippen LogP) is 19.6. The molecule has 0 unspecified atom stereocenters. The monoisotopic (exact) mass is 1070 g/mol. The zero-order chi connectivity index (χ0) is 57.0. The molecule has 8 aromatic rings. The number of ether oxygens (including phenoxy) is 1. The molecular weight excluding hydrogens is 993 g/mol.